The zero-order chi connectivity index (χ0) is 18.4. The number of nitrogens with zero attached hydrogens (tertiary/aromatic N) is 4. The normalized spacial score (nSPS) is 11.6. The number of rotatable bonds is 6. The van der Waals surface area contributed by atoms with Crippen molar-refractivity contribution in [2.45, 2.75) is 33.5 Å². The number of guanidine groups is 1. The van der Waals surface area contributed by atoms with Gasteiger partial charge in [0, 0.05) is 30.9 Å². The minimum absolute atomic E-state index is 0.675. The highest BCUT2D eigenvalue weighted by atomic mass is 32.1. The van der Waals surface area contributed by atoms with Crippen molar-refractivity contribution in [3.63, 3.8) is 0 Å². The first kappa shape index (κ1) is 18.1. The van der Waals surface area contributed by atoms with Crippen LogP contribution in [0.25, 0.3) is 0 Å². The topological polar surface area (TPSA) is 67.1 Å². The summed E-state index contributed by atoms with van der Waals surface area (Å²) in [7, 11) is 1.78. The Kier molecular flexibility index (Phi) is 6.01. The molecule has 0 fully saturated rings. The van der Waals surface area contributed by atoms with E-state index in [1.54, 1.807) is 24.6 Å². The predicted molar refractivity (Wildman–Crippen MR) is 106 cm³/mol. The lowest BCUT2D eigenvalue weighted by Crippen LogP contribution is -2.36. The van der Waals surface area contributed by atoms with Gasteiger partial charge in [0.2, 0.25) is 0 Å². The van der Waals surface area contributed by atoms with Crippen LogP contribution in [0.5, 0.6) is 0 Å². The van der Waals surface area contributed by atoms with E-state index in [9.17, 15) is 0 Å². The second kappa shape index (κ2) is 8.62. The Balaban J connectivity index is 1.58. The Morgan fingerprint density at radius 1 is 1.12 bits per heavy atom. The molecule has 0 amide bonds. The van der Waals surface area contributed by atoms with E-state index in [1.165, 1.54) is 16.0 Å². The maximum Gasteiger partial charge on any atom is 0.191 e. The quantitative estimate of drug-likeness (QED) is 0.519. The monoisotopic (exact) mass is 368 g/mol. The molecule has 0 spiro atoms. The van der Waals surface area contributed by atoms with Crippen molar-refractivity contribution in [3.8, 4) is 0 Å². The summed E-state index contributed by atoms with van der Waals surface area (Å²) in [5.74, 6) is 0.768. The summed E-state index contributed by atoms with van der Waals surface area (Å²) < 4.78 is 1.93. The zero-order valence-corrected chi connectivity index (χ0v) is 16.2. The molecular weight excluding hydrogens is 344 g/mol. The van der Waals surface area contributed by atoms with Crippen molar-refractivity contribution in [2.24, 2.45) is 4.99 Å². The number of hydrogen-bond acceptors (Lipinski definition) is 4. The lowest BCUT2D eigenvalue weighted by Gasteiger charge is -2.14. The number of aliphatic imine (C=N–C) groups is 1. The number of hydrogen-bond donors (Lipinski definition) is 2. The highest BCUT2D eigenvalue weighted by Crippen LogP contribution is 2.16. The van der Waals surface area contributed by atoms with Gasteiger partial charge >= 0.3 is 0 Å². The van der Waals surface area contributed by atoms with Gasteiger partial charge in [0.15, 0.2) is 5.96 Å². The van der Waals surface area contributed by atoms with Gasteiger partial charge in [-0.05, 0) is 31.0 Å². The summed E-state index contributed by atoms with van der Waals surface area (Å²) in [6.07, 6.45) is 3.78. The van der Waals surface area contributed by atoms with E-state index in [4.69, 9.17) is 0 Å². The van der Waals surface area contributed by atoms with Crippen molar-refractivity contribution < 1.29 is 0 Å². The molecule has 0 aliphatic heterocycles. The van der Waals surface area contributed by atoms with Crippen molar-refractivity contribution in [3.05, 3.63) is 69.4 Å². The van der Waals surface area contributed by atoms with Gasteiger partial charge in [-0.1, -0.05) is 24.3 Å². The van der Waals surface area contributed by atoms with Crippen LogP contribution in [0.4, 0.5) is 0 Å². The summed E-state index contributed by atoms with van der Waals surface area (Å²) in [6.45, 7) is 6.27. The number of aryl methyl sites for hydroxylation is 2. The molecule has 2 aromatic heterocycles. The largest absolute Gasteiger partial charge is 0.352 e. The molecule has 2 N–H and O–H groups in total. The molecule has 7 heteroatoms. The van der Waals surface area contributed by atoms with Gasteiger partial charge in [0.25, 0.3) is 0 Å². The third-order valence-electron chi connectivity index (χ3n) is 4.16. The molecule has 0 aliphatic carbocycles. The maximum atomic E-state index is 4.55. The minimum atomic E-state index is 0.675. The third-order valence-corrected chi connectivity index (χ3v) is 5.23. The van der Waals surface area contributed by atoms with Crippen LogP contribution in [0, 0.1) is 13.8 Å². The van der Waals surface area contributed by atoms with E-state index < -0.39 is 0 Å². The summed E-state index contributed by atoms with van der Waals surface area (Å²) in [6, 6.07) is 10.3. The minimum Gasteiger partial charge on any atom is -0.352 e. The van der Waals surface area contributed by atoms with E-state index in [1.807, 2.05) is 23.9 Å². The standard InChI is InChI=1S/C19H24N6S/c1-14-15(2)26-18(24-14)12-22-19(20-3)21-11-16-7-4-5-8-17(16)13-25-10-6-9-23-25/h4-10H,11-13H2,1-3H3,(H2,20,21,22). The number of thiazole rings is 1. The van der Waals surface area contributed by atoms with E-state index in [2.05, 4.69) is 56.9 Å². The second-order valence-electron chi connectivity index (χ2n) is 6.00. The van der Waals surface area contributed by atoms with Crippen molar-refractivity contribution in [2.75, 3.05) is 7.05 Å². The lowest BCUT2D eigenvalue weighted by molar-refractivity contribution is 0.677. The van der Waals surface area contributed by atoms with Gasteiger partial charge in [-0.15, -0.1) is 11.3 Å². The first-order valence-corrected chi connectivity index (χ1v) is 9.39. The van der Waals surface area contributed by atoms with Gasteiger partial charge in [0.05, 0.1) is 18.8 Å². The van der Waals surface area contributed by atoms with Gasteiger partial charge in [-0.2, -0.15) is 5.10 Å². The van der Waals surface area contributed by atoms with Crippen LogP contribution < -0.4 is 10.6 Å². The number of nitrogens with one attached hydrogen (secondary N) is 2. The first-order chi connectivity index (χ1) is 12.7. The number of benzene rings is 1. The molecule has 2 heterocycles. The van der Waals surface area contributed by atoms with E-state index in [-0.39, 0.29) is 0 Å². The predicted octanol–water partition coefficient (Wildman–Crippen LogP) is 2.87. The SMILES string of the molecule is CN=C(NCc1nc(C)c(C)s1)NCc1ccccc1Cn1cccn1. The molecule has 0 saturated heterocycles. The van der Waals surface area contributed by atoms with Crippen LogP contribution in [-0.4, -0.2) is 27.8 Å². The average molecular weight is 369 g/mol. The molecule has 26 heavy (non-hydrogen) atoms. The number of aromatic nitrogens is 3. The van der Waals surface area contributed by atoms with E-state index >= 15 is 0 Å². The highest BCUT2D eigenvalue weighted by molar-refractivity contribution is 7.11. The third kappa shape index (κ3) is 4.70. The molecular formula is C19H24N6S. The lowest BCUT2D eigenvalue weighted by atomic mass is 10.1. The van der Waals surface area contributed by atoms with Crippen LogP contribution in [0.2, 0.25) is 0 Å². The van der Waals surface area contributed by atoms with E-state index in [0.717, 1.165) is 23.2 Å². The van der Waals surface area contributed by atoms with Crippen molar-refractivity contribution >= 4 is 17.3 Å². The Morgan fingerprint density at radius 2 is 1.88 bits per heavy atom. The molecule has 136 valence electrons. The summed E-state index contributed by atoms with van der Waals surface area (Å²) in [4.78, 5) is 10.1. The van der Waals surface area contributed by atoms with Crippen LogP contribution >= 0.6 is 11.3 Å². The first-order valence-electron chi connectivity index (χ1n) is 8.57. The maximum absolute atomic E-state index is 4.55. The Bertz CT molecular complexity index is 847. The van der Waals surface area contributed by atoms with Crippen LogP contribution in [0.1, 0.15) is 26.7 Å². The Hall–Kier alpha value is -2.67. The smallest absolute Gasteiger partial charge is 0.191 e. The molecule has 0 unspecified atom stereocenters. The van der Waals surface area contributed by atoms with Gasteiger partial charge in [-0.3, -0.25) is 9.67 Å². The fourth-order valence-electron chi connectivity index (χ4n) is 2.63. The van der Waals surface area contributed by atoms with Crippen LogP contribution in [0.3, 0.4) is 0 Å². The molecule has 0 radical (unpaired) electrons. The van der Waals surface area contributed by atoms with Gasteiger partial charge < -0.3 is 10.6 Å². The molecule has 3 rings (SSSR count). The zero-order valence-electron chi connectivity index (χ0n) is 15.4. The Morgan fingerprint density at radius 3 is 2.54 bits per heavy atom. The molecule has 0 bridgehead atoms. The van der Waals surface area contributed by atoms with Crippen molar-refractivity contribution in [1.82, 2.24) is 25.4 Å². The van der Waals surface area contributed by atoms with Gasteiger partial charge in [0.1, 0.15) is 5.01 Å². The fourth-order valence-corrected chi connectivity index (χ4v) is 3.50. The molecule has 6 nitrogen and oxygen atoms in total. The molecule has 3 aromatic rings. The highest BCUT2D eigenvalue weighted by Gasteiger charge is 2.07. The molecule has 0 saturated carbocycles. The van der Waals surface area contributed by atoms with Crippen LogP contribution in [0.15, 0.2) is 47.7 Å². The fraction of sp³-hybridized carbons (Fsp3) is 0.316. The average Bonchev–Trinajstić information content (AvgIpc) is 3.26. The van der Waals surface area contributed by atoms with Crippen molar-refractivity contribution in [1.29, 1.82) is 0 Å². The summed E-state index contributed by atoms with van der Waals surface area (Å²) in [5, 5.41) is 12.1. The van der Waals surface area contributed by atoms with Crippen LogP contribution in [-0.2, 0) is 19.6 Å². The Labute approximate surface area is 158 Å². The van der Waals surface area contributed by atoms with E-state index in [0.29, 0.717) is 13.1 Å². The molecule has 1 aromatic carbocycles. The summed E-state index contributed by atoms with van der Waals surface area (Å²) >= 11 is 1.72. The summed E-state index contributed by atoms with van der Waals surface area (Å²) in [5.41, 5.74) is 3.57. The molecule has 0 atom stereocenters. The van der Waals surface area contributed by atoms with Gasteiger partial charge in [-0.25, -0.2) is 4.98 Å². The second-order valence-corrected chi connectivity index (χ2v) is 7.29. The molecule has 0 aliphatic rings.